The summed E-state index contributed by atoms with van der Waals surface area (Å²) in [6.07, 6.45) is 2.93. The van der Waals surface area contributed by atoms with E-state index in [1.165, 1.54) is 6.20 Å². The number of hydrogen-bond donors (Lipinski definition) is 2. The van der Waals surface area contributed by atoms with E-state index in [2.05, 4.69) is 41.6 Å². The van der Waals surface area contributed by atoms with Gasteiger partial charge in [0.15, 0.2) is 17.3 Å². The lowest BCUT2D eigenvalue weighted by Gasteiger charge is -2.13. The Hall–Kier alpha value is -2.42. The number of aromatic nitrogens is 3. The lowest BCUT2D eigenvalue weighted by Crippen LogP contribution is -2.13. The van der Waals surface area contributed by atoms with Crippen LogP contribution in [0.25, 0.3) is 0 Å². The number of hydrogen-bond acceptors (Lipinski definition) is 7. The molecule has 0 atom stereocenters. The third-order valence-electron chi connectivity index (χ3n) is 2.58. The summed E-state index contributed by atoms with van der Waals surface area (Å²) in [4.78, 5) is 14.7. The highest BCUT2D eigenvalue weighted by atomic mass is 79.9. The van der Waals surface area contributed by atoms with Gasteiger partial charge in [0, 0.05) is 0 Å². The van der Waals surface area contributed by atoms with E-state index in [9.17, 15) is 4.79 Å². The van der Waals surface area contributed by atoms with Gasteiger partial charge < -0.3 is 9.47 Å². The molecule has 122 valence electrons. The normalized spacial score (nSPS) is 10.7. The van der Waals surface area contributed by atoms with Gasteiger partial charge in [0.2, 0.25) is 0 Å². The van der Waals surface area contributed by atoms with Crippen LogP contribution in [0.1, 0.15) is 19.4 Å². The topological polar surface area (TPSA) is 101 Å². The smallest absolute Gasteiger partial charge is 0.363 e. The summed E-state index contributed by atoms with van der Waals surface area (Å²) in [5.41, 5.74) is 2.87. The first-order chi connectivity index (χ1) is 11.1. The van der Waals surface area contributed by atoms with E-state index in [0.29, 0.717) is 24.7 Å². The molecule has 2 aromatic rings. The van der Waals surface area contributed by atoms with Crippen molar-refractivity contribution in [3.05, 3.63) is 38.9 Å². The van der Waals surface area contributed by atoms with Gasteiger partial charge in [0.25, 0.3) is 0 Å². The second-order valence-corrected chi connectivity index (χ2v) is 5.09. The molecule has 0 fully saturated rings. The average Bonchev–Trinajstić information content (AvgIpc) is 2.51. The summed E-state index contributed by atoms with van der Waals surface area (Å²) in [6, 6.07) is 3.66. The van der Waals surface area contributed by atoms with Gasteiger partial charge in [-0.2, -0.15) is 15.2 Å². The molecule has 8 nitrogen and oxygen atoms in total. The van der Waals surface area contributed by atoms with Crippen molar-refractivity contribution in [3.8, 4) is 11.5 Å². The molecule has 9 heteroatoms. The Morgan fingerprint density at radius 3 is 2.83 bits per heavy atom. The zero-order chi connectivity index (χ0) is 16.7. The van der Waals surface area contributed by atoms with Crippen molar-refractivity contribution in [1.29, 1.82) is 0 Å². The van der Waals surface area contributed by atoms with E-state index >= 15 is 0 Å². The highest BCUT2D eigenvalue weighted by Gasteiger charge is 2.11. The molecule has 2 rings (SSSR count). The molecule has 0 bridgehead atoms. The molecule has 0 radical (unpaired) electrons. The summed E-state index contributed by atoms with van der Waals surface area (Å²) in [7, 11) is 0. The van der Waals surface area contributed by atoms with Crippen molar-refractivity contribution in [3.63, 3.8) is 0 Å². The first-order valence-corrected chi connectivity index (χ1v) is 7.73. The van der Waals surface area contributed by atoms with Gasteiger partial charge in [-0.15, -0.1) is 0 Å². The lowest BCUT2D eigenvalue weighted by atomic mass is 10.2. The molecule has 0 amide bonds. The molecule has 0 aliphatic rings. The number of aromatic amines is 1. The van der Waals surface area contributed by atoms with Crippen LogP contribution in [0, 0.1) is 0 Å². The summed E-state index contributed by atoms with van der Waals surface area (Å²) in [5.74, 6) is 1.53. The Kier molecular flexibility index (Phi) is 6.10. The number of H-pyrrole nitrogens is 1. The first-order valence-electron chi connectivity index (χ1n) is 6.94. The quantitative estimate of drug-likeness (QED) is 0.562. The van der Waals surface area contributed by atoms with Crippen LogP contribution in [-0.4, -0.2) is 34.6 Å². The fourth-order valence-electron chi connectivity index (χ4n) is 1.75. The van der Waals surface area contributed by atoms with Crippen LogP contribution in [0.15, 0.2) is 32.7 Å². The molecule has 1 aromatic carbocycles. The van der Waals surface area contributed by atoms with Crippen molar-refractivity contribution < 1.29 is 9.47 Å². The first kappa shape index (κ1) is 16.9. The number of rotatable bonds is 7. The lowest BCUT2D eigenvalue weighted by molar-refractivity contribution is 0.286. The van der Waals surface area contributed by atoms with Gasteiger partial charge in [0.05, 0.1) is 30.1 Å². The largest absolute Gasteiger partial charge is 0.490 e. The molecular formula is C14H16BrN5O3. The summed E-state index contributed by atoms with van der Waals surface area (Å²) in [5, 5.41) is 9.82. The Morgan fingerprint density at radius 2 is 2.13 bits per heavy atom. The average molecular weight is 382 g/mol. The number of halogens is 1. The third kappa shape index (κ3) is 4.78. The number of benzene rings is 1. The molecule has 1 heterocycles. The van der Waals surface area contributed by atoms with Gasteiger partial charge in [-0.1, -0.05) is 0 Å². The second kappa shape index (κ2) is 8.28. The maximum Gasteiger partial charge on any atom is 0.363 e. The number of nitrogens with one attached hydrogen (secondary N) is 2. The Bertz CT molecular complexity index is 747. The van der Waals surface area contributed by atoms with Crippen molar-refractivity contribution in [2.75, 3.05) is 18.6 Å². The molecule has 2 N–H and O–H groups in total. The second-order valence-electron chi connectivity index (χ2n) is 4.24. The molecular weight excluding hydrogens is 366 g/mol. The molecule has 1 aromatic heterocycles. The maximum absolute atomic E-state index is 11.0. The van der Waals surface area contributed by atoms with Gasteiger partial charge >= 0.3 is 5.69 Å². The molecule has 23 heavy (non-hydrogen) atoms. The van der Waals surface area contributed by atoms with E-state index < -0.39 is 5.69 Å². The molecule has 0 saturated heterocycles. The zero-order valence-corrected chi connectivity index (χ0v) is 14.3. The third-order valence-corrected chi connectivity index (χ3v) is 3.17. The van der Waals surface area contributed by atoms with Crippen molar-refractivity contribution in [1.82, 2.24) is 15.2 Å². The minimum atomic E-state index is -0.548. The van der Waals surface area contributed by atoms with Crippen LogP contribution in [0.2, 0.25) is 0 Å². The number of hydrazone groups is 1. The van der Waals surface area contributed by atoms with Gasteiger partial charge in [-0.25, -0.2) is 9.89 Å². The molecule has 0 saturated carbocycles. The molecule has 0 aliphatic carbocycles. The van der Waals surface area contributed by atoms with Gasteiger partial charge in [-0.05, 0) is 47.5 Å². The van der Waals surface area contributed by atoms with E-state index in [-0.39, 0.29) is 5.82 Å². The van der Waals surface area contributed by atoms with Crippen LogP contribution >= 0.6 is 15.9 Å². The highest BCUT2D eigenvalue weighted by molar-refractivity contribution is 9.10. The van der Waals surface area contributed by atoms with Crippen LogP contribution in [0.3, 0.4) is 0 Å². The van der Waals surface area contributed by atoms with E-state index in [4.69, 9.17) is 9.47 Å². The van der Waals surface area contributed by atoms with Crippen molar-refractivity contribution in [2.24, 2.45) is 5.10 Å². The minimum absolute atomic E-state index is 0.250. The Balaban J connectivity index is 2.19. The predicted octanol–water partition coefficient (Wildman–Crippen LogP) is 2.17. The summed E-state index contributed by atoms with van der Waals surface area (Å²) in [6.45, 7) is 4.87. The fraction of sp³-hybridized carbons (Fsp3) is 0.286. The van der Waals surface area contributed by atoms with E-state index in [1.54, 1.807) is 6.21 Å². The van der Waals surface area contributed by atoms with Crippen LogP contribution in [0.4, 0.5) is 5.82 Å². The van der Waals surface area contributed by atoms with Crippen molar-refractivity contribution in [2.45, 2.75) is 13.8 Å². The minimum Gasteiger partial charge on any atom is -0.490 e. The van der Waals surface area contributed by atoms with Crippen LogP contribution in [-0.2, 0) is 0 Å². The van der Waals surface area contributed by atoms with Gasteiger partial charge in [-0.3, -0.25) is 5.43 Å². The number of ether oxygens (including phenoxy) is 2. The Morgan fingerprint density at radius 1 is 1.35 bits per heavy atom. The predicted molar refractivity (Wildman–Crippen MR) is 90.3 cm³/mol. The summed E-state index contributed by atoms with van der Waals surface area (Å²) >= 11 is 3.46. The number of anilines is 1. The SMILES string of the molecule is CCOc1cc(/C=N/Nc2cn[nH]c(=O)n2)cc(Br)c1OCC. The highest BCUT2D eigenvalue weighted by Crippen LogP contribution is 2.36. The van der Waals surface area contributed by atoms with Crippen LogP contribution in [0.5, 0.6) is 11.5 Å². The van der Waals surface area contributed by atoms with Crippen molar-refractivity contribution >= 4 is 28.0 Å². The van der Waals surface area contributed by atoms with E-state index in [0.717, 1.165) is 10.0 Å². The zero-order valence-electron chi connectivity index (χ0n) is 12.7. The maximum atomic E-state index is 11.0. The van der Waals surface area contributed by atoms with Crippen LogP contribution < -0.4 is 20.6 Å². The van der Waals surface area contributed by atoms with Gasteiger partial charge in [0.1, 0.15) is 0 Å². The Labute approximate surface area is 141 Å². The monoisotopic (exact) mass is 381 g/mol. The molecule has 0 spiro atoms. The number of nitrogens with zero attached hydrogens (tertiary/aromatic N) is 3. The molecule has 0 unspecified atom stereocenters. The standard InChI is InChI=1S/C14H16BrN5O3/c1-3-22-11-6-9(5-10(15)13(11)23-4-2)7-16-19-12-8-17-20-14(21)18-12/h5-8H,3-4H2,1-2H3,(H2,18,19,20,21)/b16-7+. The molecule has 0 aliphatic heterocycles. The van der Waals surface area contributed by atoms with E-state index in [1.807, 2.05) is 26.0 Å². The summed E-state index contributed by atoms with van der Waals surface area (Å²) < 4.78 is 11.9. The fourth-order valence-corrected chi connectivity index (χ4v) is 2.32.